The molecular weight excluding hydrogens is 329 g/mol. The maximum absolute atomic E-state index is 13.9. The van der Waals surface area contributed by atoms with Crippen molar-refractivity contribution in [3.63, 3.8) is 0 Å². The van der Waals surface area contributed by atoms with Gasteiger partial charge in [-0.3, -0.25) is 4.57 Å². The van der Waals surface area contributed by atoms with Gasteiger partial charge in [-0.1, -0.05) is 36.0 Å². The standard InChI is InChI=1S/C17H14FN3O2S/c1-23-16(22)13-8-6-12(7-9-13)10-24-17-20-19-11-21(17)15-5-3-2-4-14(15)18/h2-9,11H,10H2,1H3. The zero-order valence-corrected chi connectivity index (χ0v) is 13.7. The number of thioether (sulfide) groups is 1. The minimum absolute atomic E-state index is 0.332. The van der Waals surface area contributed by atoms with Crippen LogP contribution in [0.2, 0.25) is 0 Å². The van der Waals surface area contributed by atoms with Crippen LogP contribution < -0.4 is 0 Å². The van der Waals surface area contributed by atoms with Gasteiger partial charge in [-0.25, -0.2) is 9.18 Å². The monoisotopic (exact) mass is 343 g/mol. The molecule has 0 saturated carbocycles. The number of halogens is 1. The summed E-state index contributed by atoms with van der Waals surface area (Å²) in [5.41, 5.74) is 1.92. The molecule has 0 aliphatic heterocycles. The Hall–Kier alpha value is -2.67. The number of hydrogen-bond acceptors (Lipinski definition) is 5. The van der Waals surface area contributed by atoms with E-state index in [1.807, 2.05) is 12.1 Å². The van der Waals surface area contributed by atoms with Gasteiger partial charge in [0.15, 0.2) is 5.16 Å². The lowest BCUT2D eigenvalue weighted by molar-refractivity contribution is 0.0600. The first-order valence-electron chi connectivity index (χ1n) is 7.14. The number of rotatable bonds is 5. The highest BCUT2D eigenvalue weighted by Crippen LogP contribution is 2.24. The molecule has 0 unspecified atom stereocenters. The summed E-state index contributed by atoms with van der Waals surface area (Å²) >= 11 is 1.44. The summed E-state index contributed by atoms with van der Waals surface area (Å²) < 4.78 is 20.2. The van der Waals surface area contributed by atoms with Crippen LogP contribution in [0.1, 0.15) is 15.9 Å². The van der Waals surface area contributed by atoms with Crippen molar-refractivity contribution in [1.29, 1.82) is 0 Å². The number of ether oxygens (including phenoxy) is 1. The number of nitrogens with zero attached hydrogens (tertiary/aromatic N) is 3. The molecule has 5 nitrogen and oxygen atoms in total. The number of methoxy groups -OCH3 is 1. The van der Waals surface area contributed by atoms with Crippen LogP contribution in [0, 0.1) is 5.82 Å². The van der Waals surface area contributed by atoms with Crippen molar-refractivity contribution in [1.82, 2.24) is 14.8 Å². The van der Waals surface area contributed by atoms with Crippen molar-refractivity contribution in [3.05, 3.63) is 71.8 Å². The van der Waals surface area contributed by atoms with Gasteiger partial charge in [-0.15, -0.1) is 10.2 Å². The summed E-state index contributed by atoms with van der Waals surface area (Å²) in [6, 6.07) is 13.6. The number of carbonyl (C=O) groups is 1. The summed E-state index contributed by atoms with van der Waals surface area (Å²) in [6.45, 7) is 0. The first-order chi connectivity index (χ1) is 11.7. The smallest absolute Gasteiger partial charge is 0.337 e. The molecule has 0 fully saturated rings. The van der Waals surface area contributed by atoms with E-state index in [2.05, 4.69) is 14.9 Å². The van der Waals surface area contributed by atoms with Gasteiger partial charge in [0, 0.05) is 5.75 Å². The highest BCUT2D eigenvalue weighted by atomic mass is 32.2. The molecule has 1 aromatic heterocycles. The van der Waals surface area contributed by atoms with E-state index in [1.165, 1.54) is 31.3 Å². The number of hydrogen-bond donors (Lipinski definition) is 0. The summed E-state index contributed by atoms with van der Waals surface area (Å²) in [6.07, 6.45) is 1.49. The predicted octanol–water partition coefficient (Wildman–Crippen LogP) is 3.49. The summed E-state index contributed by atoms with van der Waals surface area (Å²) in [4.78, 5) is 11.4. The van der Waals surface area contributed by atoms with Crippen LogP contribution in [0.4, 0.5) is 4.39 Å². The first kappa shape index (κ1) is 16.2. The average Bonchev–Trinajstić information content (AvgIpc) is 3.08. The molecule has 0 amide bonds. The van der Waals surface area contributed by atoms with Crippen molar-refractivity contribution in [2.24, 2.45) is 0 Å². The molecule has 1 heterocycles. The molecule has 0 saturated heterocycles. The van der Waals surface area contributed by atoms with E-state index in [4.69, 9.17) is 0 Å². The Kier molecular flexibility index (Phi) is 4.90. The van der Waals surface area contributed by atoms with Crippen molar-refractivity contribution >= 4 is 17.7 Å². The molecule has 3 rings (SSSR count). The Bertz CT molecular complexity index is 849. The largest absolute Gasteiger partial charge is 0.465 e. The lowest BCUT2D eigenvalue weighted by Gasteiger charge is -2.07. The number of esters is 1. The molecule has 0 aliphatic rings. The van der Waals surface area contributed by atoms with Crippen LogP contribution in [-0.4, -0.2) is 27.8 Å². The van der Waals surface area contributed by atoms with Gasteiger partial charge in [0.1, 0.15) is 12.1 Å². The second-order valence-corrected chi connectivity index (χ2v) is 5.85. The highest BCUT2D eigenvalue weighted by Gasteiger charge is 2.11. The third-order valence-electron chi connectivity index (χ3n) is 3.37. The van der Waals surface area contributed by atoms with Gasteiger partial charge < -0.3 is 4.74 Å². The lowest BCUT2D eigenvalue weighted by Crippen LogP contribution is -2.01. The Balaban J connectivity index is 1.73. The Morgan fingerprint density at radius 1 is 1.21 bits per heavy atom. The zero-order valence-electron chi connectivity index (χ0n) is 12.8. The minimum Gasteiger partial charge on any atom is -0.465 e. The van der Waals surface area contributed by atoms with Crippen molar-refractivity contribution < 1.29 is 13.9 Å². The summed E-state index contributed by atoms with van der Waals surface area (Å²) in [7, 11) is 1.35. The fourth-order valence-electron chi connectivity index (χ4n) is 2.14. The Morgan fingerprint density at radius 2 is 1.96 bits per heavy atom. The summed E-state index contributed by atoms with van der Waals surface area (Å²) in [5.74, 6) is -0.0794. The molecule has 0 aliphatic carbocycles. The number of benzene rings is 2. The van der Waals surface area contributed by atoms with Crippen molar-refractivity contribution in [2.75, 3.05) is 7.11 Å². The molecule has 24 heavy (non-hydrogen) atoms. The first-order valence-corrected chi connectivity index (χ1v) is 8.12. The van der Waals surface area contributed by atoms with Crippen LogP contribution >= 0.6 is 11.8 Å². The van der Waals surface area contributed by atoms with Crippen LogP contribution in [0.15, 0.2) is 60.0 Å². The van der Waals surface area contributed by atoms with Crippen LogP contribution in [0.5, 0.6) is 0 Å². The number of carbonyl (C=O) groups excluding carboxylic acids is 1. The third kappa shape index (κ3) is 3.46. The van der Waals surface area contributed by atoms with Gasteiger partial charge in [0.2, 0.25) is 0 Å². The number of aromatic nitrogens is 3. The molecule has 0 radical (unpaired) electrons. The molecule has 0 spiro atoms. The Labute approximate surface area is 142 Å². The summed E-state index contributed by atoms with van der Waals surface area (Å²) in [5, 5.41) is 8.50. The van der Waals surface area contributed by atoms with E-state index in [0.717, 1.165) is 5.56 Å². The molecule has 3 aromatic rings. The van der Waals surface area contributed by atoms with Gasteiger partial charge in [0.05, 0.1) is 18.4 Å². The Morgan fingerprint density at radius 3 is 2.67 bits per heavy atom. The molecule has 2 aromatic carbocycles. The van der Waals surface area contributed by atoms with Crippen LogP contribution in [-0.2, 0) is 10.5 Å². The molecule has 122 valence electrons. The van der Waals surface area contributed by atoms with Crippen LogP contribution in [0.3, 0.4) is 0 Å². The fraction of sp³-hybridized carbons (Fsp3) is 0.118. The van der Waals surface area contributed by atoms with Gasteiger partial charge in [0.25, 0.3) is 0 Å². The van der Waals surface area contributed by atoms with E-state index >= 15 is 0 Å². The molecular formula is C17H14FN3O2S. The van der Waals surface area contributed by atoms with E-state index in [1.54, 1.807) is 34.9 Å². The minimum atomic E-state index is -0.367. The van der Waals surface area contributed by atoms with E-state index < -0.39 is 0 Å². The zero-order chi connectivity index (χ0) is 16.9. The normalized spacial score (nSPS) is 10.6. The van der Waals surface area contributed by atoms with Gasteiger partial charge in [-0.2, -0.15) is 0 Å². The quantitative estimate of drug-likeness (QED) is 0.524. The highest BCUT2D eigenvalue weighted by molar-refractivity contribution is 7.98. The SMILES string of the molecule is COC(=O)c1ccc(CSc2nncn2-c2ccccc2F)cc1. The van der Waals surface area contributed by atoms with Crippen molar-refractivity contribution in [2.45, 2.75) is 10.9 Å². The topological polar surface area (TPSA) is 57.0 Å². The average molecular weight is 343 g/mol. The lowest BCUT2D eigenvalue weighted by atomic mass is 10.1. The maximum Gasteiger partial charge on any atom is 0.337 e. The molecule has 7 heteroatoms. The van der Waals surface area contributed by atoms with E-state index in [0.29, 0.717) is 22.2 Å². The van der Waals surface area contributed by atoms with Crippen molar-refractivity contribution in [3.8, 4) is 5.69 Å². The van der Waals surface area contributed by atoms with Gasteiger partial charge >= 0.3 is 5.97 Å². The molecule has 0 atom stereocenters. The number of para-hydroxylation sites is 1. The second kappa shape index (κ2) is 7.27. The van der Waals surface area contributed by atoms with Gasteiger partial charge in [-0.05, 0) is 29.8 Å². The molecule has 0 bridgehead atoms. The third-order valence-corrected chi connectivity index (χ3v) is 4.39. The predicted molar refractivity (Wildman–Crippen MR) is 88.7 cm³/mol. The second-order valence-electron chi connectivity index (χ2n) is 4.91. The molecule has 0 N–H and O–H groups in total. The van der Waals surface area contributed by atoms with E-state index in [9.17, 15) is 9.18 Å². The maximum atomic E-state index is 13.9. The van der Waals surface area contributed by atoms with Crippen LogP contribution in [0.25, 0.3) is 5.69 Å². The fourth-order valence-corrected chi connectivity index (χ4v) is 3.02. The van der Waals surface area contributed by atoms with E-state index in [-0.39, 0.29) is 11.8 Å².